The van der Waals surface area contributed by atoms with Crippen molar-refractivity contribution in [2.75, 3.05) is 56.2 Å². The number of fused-ring (bicyclic) bond motifs is 2. The van der Waals surface area contributed by atoms with Gasteiger partial charge in [0.15, 0.2) is 12.4 Å². The standard InChI is InChI=1S/C29H33FN8O4/c1-17-13-38(14-18(2)32-17)24-5-4-21(28(40)33-20-10-19-15-36(3)35-26(19)23(30)11-20)27-22(24)12-31-29(34-27)42-16-25(39)37-6-8-41-9-7-37/h4-5,10-12,15,17-18,32H,6-9,13-14,16H2,1-3H3,(H,33,40)/t17-,18-/m1/s1. The SMILES string of the molecule is C[C@@H]1CN(c2ccc(C(=O)Nc3cc(F)c4nn(C)cc4c3)c3nc(OCC(=O)N4CCOCC4)ncc23)C[C@@H](C)N1. The van der Waals surface area contributed by atoms with E-state index in [1.807, 2.05) is 6.07 Å². The Balaban J connectivity index is 1.33. The topological polar surface area (TPSA) is 127 Å². The van der Waals surface area contributed by atoms with Crippen LogP contribution in [0.2, 0.25) is 0 Å². The number of amides is 2. The first-order valence-corrected chi connectivity index (χ1v) is 14.0. The maximum Gasteiger partial charge on any atom is 0.317 e. The minimum atomic E-state index is -0.534. The summed E-state index contributed by atoms with van der Waals surface area (Å²) in [6.45, 7) is 7.52. The molecule has 2 fully saturated rings. The number of hydrogen-bond acceptors (Lipinski definition) is 9. The van der Waals surface area contributed by atoms with E-state index in [9.17, 15) is 14.0 Å². The van der Waals surface area contributed by atoms with E-state index >= 15 is 0 Å². The van der Waals surface area contributed by atoms with Gasteiger partial charge >= 0.3 is 6.01 Å². The summed E-state index contributed by atoms with van der Waals surface area (Å²) in [5, 5.41) is 11.7. The van der Waals surface area contributed by atoms with Crippen molar-refractivity contribution >= 4 is 45.0 Å². The zero-order chi connectivity index (χ0) is 29.4. The van der Waals surface area contributed by atoms with Crippen molar-refractivity contribution in [3.05, 3.63) is 48.0 Å². The molecule has 2 aromatic heterocycles. The Hall–Kier alpha value is -4.36. The molecule has 2 N–H and O–H groups in total. The summed E-state index contributed by atoms with van der Waals surface area (Å²) in [5.74, 6) is -1.19. The Morgan fingerprint density at radius 2 is 1.90 bits per heavy atom. The zero-order valence-corrected chi connectivity index (χ0v) is 23.8. The zero-order valence-electron chi connectivity index (χ0n) is 23.8. The van der Waals surface area contributed by atoms with E-state index < -0.39 is 11.7 Å². The van der Waals surface area contributed by atoms with E-state index in [2.05, 4.69) is 44.4 Å². The van der Waals surface area contributed by atoms with Crippen LogP contribution in [0.4, 0.5) is 15.8 Å². The van der Waals surface area contributed by atoms with Gasteiger partial charge in [-0.25, -0.2) is 9.37 Å². The van der Waals surface area contributed by atoms with Crippen LogP contribution in [0.5, 0.6) is 6.01 Å². The smallest absolute Gasteiger partial charge is 0.317 e. The van der Waals surface area contributed by atoms with E-state index in [-0.39, 0.29) is 41.7 Å². The molecule has 0 saturated carbocycles. The Morgan fingerprint density at radius 3 is 2.67 bits per heavy atom. The van der Waals surface area contributed by atoms with Gasteiger partial charge in [-0.1, -0.05) is 0 Å². The second kappa shape index (κ2) is 11.5. The third-order valence-corrected chi connectivity index (χ3v) is 7.47. The highest BCUT2D eigenvalue weighted by atomic mass is 19.1. The van der Waals surface area contributed by atoms with Gasteiger partial charge in [0.2, 0.25) is 0 Å². The fourth-order valence-electron chi connectivity index (χ4n) is 5.65. The largest absolute Gasteiger partial charge is 0.453 e. The van der Waals surface area contributed by atoms with Gasteiger partial charge < -0.3 is 29.9 Å². The first-order valence-electron chi connectivity index (χ1n) is 14.0. The number of morpholine rings is 1. The molecule has 220 valence electrons. The number of piperazine rings is 1. The van der Waals surface area contributed by atoms with Crippen molar-refractivity contribution in [3.63, 3.8) is 0 Å². The molecule has 12 nitrogen and oxygen atoms in total. The van der Waals surface area contributed by atoms with Gasteiger partial charge in [-0.15, -0.1) is 0 Å². The van der Waals surface area contributed by atoms with Crippen LogP contribution in [0.3, 0.4) is 0 Å². The molecule has 2 saturated heterocycles. The van der Waals surface area contributed by atoms with Gasteiger partial charge in [0, 0.05) is 79.9 Å². The summed E-state index contributed by atoms with van der Waals surface area (Å²) >= 11 is 0. The molecule has 2 aliphatic heterocycles. The Morgan fingerprint density at radius 1 is 1.14 bits per heavy atom. The lowest BCUT2D eigenvalue weighted by molar-refractivity contribution is -0.137. The third kappa shape index (κ3) is 5.70. The Kier molecular flexibility index (Phi) is 7.60. The molecular formula is C29H33FN8O4. The van der Waals surface area contributed by atoms with E-state index in [0.717, 1.165) is 18.8 Å². The van der Waals surface area contributed by atoms with Crippen LogP contribution < -0.4 is 20.3 Å². The summed E-state index contributed by atoms with van der Waals surface area (Å²) < 4.78 is 27.2. The van der Waals surface area contributed by atoms with Crippen LogP contribution in [0.15, 0.2) is 36.7 Å². The predicted octanol–water partition coefficient (Wildman–Crippen LogP) is 2.33. The van der Waals surface area contributed by atoms with Crippen LogP contribution in [-0.4, -0.2) is 94.5 Å². The van der Waals surface area contributed by atoms with Crippen LogP contribution in [-0.2, 0) is 16.6 Å². The normalized spacial score (nSPS) is 19.3. The van der Waals surface area contributed by atoms with E-state index in [1.54, 1.807) is 36.5 Å². The van der Waals surface area contributed by atoms with E-state index in [4.69, 9.17) is 9.47 Å². The maximum absolute atomic E-state index is 14.7. The van der Waals surface area contributed by atoms with Gasteiger partial charge in [-0.2, -0.15) is 10.1 Å². The van der Waals surface area contributed by atoms with Crippen molar-refractivity contribution < 1.29 is 23.5 Å². The van der Waals surface area contributed by atoms with Gasteiger partial charge in [0.1, 0.15) is 5.52 Å². The fourth-order valence-corrected chi connectivity index (χ4v) is 5.65. The quantitative estimate of drug-likeness (QED) is 0.356. The van der Waals surface area contributed by atoms with Crippen LogP contribution in [0, 0.1) is 5.82 Å². The molecule has 13 heteroatoms. The van der Waals surface area contributed by atoms with Crippen molar-refractivity contribution in [1.29, 1.82) is 0 Å². The lowest BCUT2D eigenvalue weighted by Crippen LogP contribution is -2.54. The number of carbonyl (C=O) groups is 2. The number of benzene rings is 2. The number of aromatic nitrogens is 4. The van der Waals surface area contributed by atoms with Crippen LogP contribution in [0.25, 0.3) is 21.8 Å². The second-order valence-electron chi connectivity index (χ2n) is 10.9. The molecule has 0 radical (unpaired) electrons. The third-order valence-electron chi connectivity index (χ3n) is 7.47. The molecule has 0 spiro atoms. The molecular weight excluding hydrogens is 543 g/mol. The molecule has 0 aliphatic carbocycles. The number of nitrogens with zero attached hydrogens (tertiary/aromatic N) is 6. The maximum atomic E-state index is 14.7. The molecule has 6 rings (SSSR count). The highest BCUT2D eigenvalue weighted by Gasteiger charge is 2.25. The molecule has 2 amide bonds. The summed E-state index contributed by atoms with van der Waals surface area (Å²) in [5.41, 5.74) is 2.05. The molecule has 0 unspecified atom stereocenters. The molecule has 2 aliphatic rings. The summed E-state index contributed by atoms with van der Waals surface area (Å²) in [6, 6.07) is 7.02. The van der Waals surface area contributed by atoms with Gasteiger partial charge in [-0.3, -0.25) is 14.3 Å². The van der Waals surface area contributed by atoms with Crippen molar-refractivity contribution in [2.45, 2.75) is 25.9 Å². The monoisotopic (exact) mass is 576 g/mol. The van der Waals surface area contributed by atoms with Crippen molar-refractivity contribution in [3.8, 4) is 6.01 Å². The summed E-state index contributed by atoms with van der Waals surface area (Å²) in [4.78, 5) is 39.1. The lowest BCUT2D eigenvalue weighted by Gasteiger charge is -2.38. The number of aryl methyl sites for hydroxylation is 1. The number of hydrogen-bond donors (Lipinski definition) is 2. The molecule has 2 aromatic carbocycles. The summed E-state index contributed by atoms with van der Waals surface area (Å²) in [7, 11) is 1.71. The number of rotatable bonds is 6. The summed E-state index contributed by atoms with van der Waals surface area (Å²) in [6.07, 6.45) is 3.31. The minimum Gasteiger partial charge on any atom is -0.453 e. The molecule has 4 heterocycles. The number of nitrogens with one attached hydrogen (secondary N) is 2. The first-order chi connectivity index (χ1) is 20.2. The second-order valence-corrected chi connectivity index (χ2v) is 10.9. The highest BCUT2D eigenvalue weighted by molar-refractivity contribution is 6.14. The van der Waals surface area contributed by atoms with Gasteiger partial charge in [0.25, 0.3) is 11.8 Å². The number of halogens is 1. The molecule has 0 bridgehead atoms. The van der Waals surface area contributed by atoms with E-state index in [1.165, 1.54) is 10.7 Å². The predicted molar refractivity (Wildman–Crippen MR) is 155 cm³/mol. The lowest BCUT2D eigenvalue weighted by atomic mass is 10.0. The number of ether oxygens (including phenoxy) is 2. The Labute approximate surface area is 241 Å². The Bertz CT molecular complexity index is 1640. The minimum absolute atomic E-state index is 0.0137. The van der Waals surface area contributed by atoms with Gasteiger partial charge in [0.05, 0.1) is 24.3 Å². The van der Waals surface area contributed by atoms with E-state index in [0.29, 0.717) is 48.3 Å². The average Bonchev–Trinajstić information content (AvgIpc) is 3.35. The fraction of sp³-hybridized carbons (Fsp3) is 0.414. The first kappa shape index (κ1) is 27.8. The number of anilines is 2. The van der Waals surface area contributed by atoms with Crippen LogP contribution >= 0.6 is 0 Å². The molecule has 4 aromatic rings. The molecule has 2 atom stereocenters. The van der Waals surface area contributed by atoms with Crippen LogP contribution in [0.1, 0.15) is 24.2 Å². The highest BCUT2D eigenvalue weighted by Crippen LogP contribution is 2.31. The van der Waals surface area contributed by atoms with Crippen molar-refractivity contribution in [2.24, 2.45) is 7.05 Å². The number of carbonyl (C=O) groups excluding carboxylic acids is 2. The molecule has 42 heavy (non-hydrogen) atoms. The average molecular weight is 577 g/mol. The van der Waals surface area contributed by atoms with Crippen molar-refractivity contribution in [1.82, 2.24) is 30.0 Å². The van der Waals surface area contributed by atoms with Gasteiger partial charge in [-0.05, 0) is 38.1 Å².